The van der Waals surface area contributed by atoms with Crippen LogP contribution < -0.4 is 5.32 Å². The lowest BCUT2D eigenvalue weighted by atomic mass is 10.1. The van der Waals surface area contributed by atoms with E-state index in [2.05, 4.69) is 10.1 Å². The highest BCUT2D eigenvalue weighted by Crippen LogP contribution is 2.24. The first-order valence-corrected chi connectivity index (χ1v) is 6.75. The molecule has 19 heavy (non-hydrogen) atoms. The van der Waals surface area contributed by atoms with Crippen molar-refractivity contribution in [3.63, 3.8) is 0 Å². The fourth-order valence-electron chi connectivity index (χ4n) is 2.53. The summed E-state index contributed by atoms with van der Waals surface area (Å²) in [7, 11) is 1.38. The highest BCUT2D eigenvalue weighted by molar-refractivity contribution is 5.89. The number of carbonyl (C=O) groups excluding carboxylic acids is 1. The number of nitrogens with one attached hydrogen (secondary N) is 1. The zero-order chi connectivity index (χ0) is 13.7. The fraction of sp³-hybridized carbons (Fsp3) is 0.533. The lowest BCUT2D eigenvalue weighted by Gasteiger charge is -2.11. The van der Waals surface area contributed by atoms with Gasteiger partial charge in [-0.2, -0.15) is 0 Å². The quantitative estimate of drug-likeness (QED) is 0.794. The van der Waals surface area contributed by atoms with Crippen molar-refractivity contribution in [2.24, 2.45) is 5.92 Å². The average Bonchev–Trinajstić information content (AvgIpc) is 2.84. The molecule has 0 bridgehead atoms. The normalized spacial score (nSPS) is 22.4. The van der Waals surface area contributed by atoms with Crippen LogP contribution in [0.3, 0.4) is 0 Å². The third-order valence-electron chi connectivity index (χ3n) is 3.65. The summed E-state index contributed by atoms with van der Waals surface area (Å²) in [5.41, 5.74) is 1.72. The maximum Gasteiger partial charge on any atom is 0.337 e. The van der Waals surface area contributed by atoms with Gasteiger partial charge in [-0.25, -0.2) is 4.79 Å². The Morgan fingerprint density at radius 1 is 1.37 bits per heavy atom. The third-order valence-corrected chi connectivity index (χ3v) is 3.65. The number of ether oxygens (including phenoxy) is 1. The Morgan fingerprint density at radius 3 is 2.68 bits per heavy atom. The van der Waals surface area contributed by atoms with E-state index in [1.165, 1.54) is 7.11 Å². The summed E-state index contributed by atoms with van der Waals surface area (Å²) in [5, 5.41) is 12.8. The minimum absolute atomic E-state index is 0.105. The molecule has 1 fully saturated rings. The monoisotopic (exact) mass is 263 g/mol. The van der Waals surface area contributed by atoms with Gasteiger partial charge < -0.3 is 15.2 Å². The van der Waals surface area contributed by atoms with Gasteiger partial charge >= 0.3 is 5.97 Å². The molecule has 0 aromatic heterocycles. The van der Waals surface area contributed by atoms with E-state index in [1.54, 1.807) is 12.1 Å². The van der Waals surface area contributed by atoms with Crippen LogP contribution in [-0.4, -0.2) is 30.8 Å². The first-order valence-electron chi connectivity index (χ1n) is 6.75. The van der Waals surface area contributed by atoms with Crippen molar-refractivity contribution in [2.75, 3.05) is 13.7 Å². The average molecular weight is 263 g/mol. The lowest BCUT2D eigenvalue weighted by molar-refractivity contribution is 0.0600. The fourth-order valence-corrected chi connectivity index (χ4v) is 2.53. The maximum absolute atomic E-state index is 11.3. The van der Waals surface area contributed by atoms with Gasteiger partial charge in [0.2, 0.25) is 0 Å². The lowest BCUT2D eigenvalue weighted by Crippen LogP contribution is -2.21. The predicted octanol–water partition coefficient (Wildman–Crippen LogP) is 1.72. The van der Waals surface area contributed by atoms with Crippen molar-refractivity contribution in [2.45, 2.75) is 31.9 Å². The molecule has 2 atom stereocenters. The molecule has 2 rings (SSSR count). The number of rotatable bonds is 5. The zero-order valence-corrected chi connectivity index (χ0v) is 11.3. The summed E-state index contributed by atoms with van der Waals surface area (Å²) in [6.07, 6.45) is 2.84. The van der Waals surface area contributed by atoms with Gasteiger partial charge in [-0.05, 0) is 49.4 Å². The number of carbonyl (C=O) groups is 1. The molecule has 0 spiro atoms. The zero-order valence-electron chi connectivity index (χ0n) is 11.3. The molecule has 1 aliphatic rings. The van der Waals surface area contributed by atoms with Crippen LogP contribution >= 0.6 is 0 Å². The second-order valence-electron chi connectivity index (χ2n) is 5.15. The largest absolute Gasteiger partial charge is 0.465 e. The molecule has 1 aromatic rings. The van der Waals surface area contributed by atoms with Crippen molar-refractivity contribution in [1.82, 2.24) is 5.32 Å². The molecule has 104 valence electrons. The standard InChI is InChI=1S/C15H21NO3/c1-19-15(18)13-5-2-11(3-6-13)9-16-10-12-4-7-14(17)8-12/h2-3,5-6,12,14,16-17H,4,7-10H2,1H3. The topological polar surface area (TPSA) is 58.6 Å². The highest BCUT2D eigenvalue weighted by Gasteiger charge is 2.21. The predicted molar refractivity (Wildman–Crippen MR) is 72.8 cm³/mol. The first-order chi connectivity index (χ1) is 9.19. The summed E-state index contributed by atoms with van der Waals surface area (Å²) in [4.78, 5) is 11.3. The van der Waals surface area contributed by atoms with E-state index >= 15 is 0 Å². The van der Waals surface area contributed by atoms with Crippen LogP contribution in [0.25, 0.3) is 0 Å². The van der Waals surface area contributed by atoms with E-state index in [4.69, 9.17) is 0 Å². The summed E-state index contributed by atoms with van der Waals surface area (Å²) >= 11 is 0. The Hall–Kier alpha value is -1.39. The molecule has 1 aromatic carbocycles. The Bertz CT molecular complexity index is 416. The van der Waals surface area contributed by atoms with Crippen molar-refractivity contribution in [3.05, 3.63) is 35.4 Å². The van der Waals surface area contributed by atoms with Gasteiger partial charge in [-0.1, -0.05) is 12.1 Å². The van der Waals surface area contributed by atoms with Gasteiger partial charge in [-0.15, -0.1) is 0 Å². The van der Waals surface area contributed by atoms with Crippen molar-refractivity contribution < 1.29 is 14.6 Å². The van der Waals surface area contributed by atoms with E-state index in [-0.39, 0.29) is 12.1 Å². The summed E-state index contributed by atoms with van der Waals surface area (Å²) in [6.45, 7) is 1.73. The van der Waals surface area contributed by atoms with E-state index < -0.39 is 0 Å². The van der Waals surface area contributed by atoms with E-state index in [0.29, 0.717) is 11.5 Å². The van der Waals surface area contributed by atoms with Crippen LogP contribution in [-0.2, 0) is 11.3 Å². The van der Waals surface area contributed by atoms with Crippen molar-refractivity contribution in [3.8, 4) is 0 Å². The molecule has 4 heteroatoms. The first kappa shape index (κ1) is 14.0. The van der Waals surface area contributed by atoms with E-state index in [0.717, 1.165) is 37.9 Å². The van der Waals surface area contributed by atoms with Crippen LogP contribution in [0.15, 0.2) is 24.3 Å². The van der Waals surface area contributed by atoms with Gasteiger partial charge in [0, 0.05) is 6.54 Å². The molecule has 0 heterocycles. The van der Waals surface area contributed by atoms with Gasteiger partial charge in [0.1, 0.15) is 0 Å². The number of methoxy groups -OCH3 is 1. The molecular weight excluding hydrogens is 242 g/mol. The van der Waals surface area contributed by atoms with Gasteiger partial charge in [0.15, 0.2) is 0 Å². The molecular formula is C15H21NO3. The number of esters is 1. The Morgan fingerprint density at radius 2 is 2.11 bits per heavy atom. The Balaban J connectivity index is 1.75. The number of hydrogen-bond acceptors (Lipinski definition) is 4. The van der Waals surface area contributed by atoms with Crippen LogP contribution in [0.2, 0.25) is 0 Å². The van der Waals surface area contributed by atoms with Crippen LogP contribution in [0, 0.1) is 5.92 Å². The third kappa shape index (κ3) is 4.04. The molecule has 0 amide bonds. The molecule has 4 nitrogen and oxygen atoms in total. The van der Waals surface area contributed by atoms with E-state index in [1.807, 2.05) is 12.1 Å². The molecule has 0 saturated heterocycles. The van der Waals surface area contributed by atoms with Crippen LogP contribution in [0.4, 0.5) is 0 Å². The molecule has 2 N–H and O–H groups in total. The maximum atomic E-state index is 11.3. The summed E-state index contributed by atoms with van der Waals surface area (Å²) < 4.78 is 4.66. The molecule has 0 aliphatic heterocycles. The highest BCUT2D eigenvalue weighted by atomic mass is 16.5. The number of benzene rings is 1. The summed E-state index contributed by atoms with van der Waals surface area (Å²) in [6, 6.07) is 7.43. The van der Waals surface area contributed by atoms with Crippen LogP contribution in [0.5, 0.6) is 0 Å². The SMILES string of the molecule is COC(=O)c1ccc(CNCC2CCC(O)C2)cc1. The number of hydrogen-bond donors (Lipinski definition) is 2. The van der Waals surface area contributed by atoms with Gasteiger partial charge in [-0.3, -0.25) is 0 Å². The van der Waals surface area contributed by atoms with Gasteiger partial charge in [0.25, 0.3) is 0 Å². The summed E-state index contributed by atoms with van der Waals surface area (Å²) in [5.74, 6) is 0.281. The van der Waals surface area contributed by atoms with Crippen molar-refractivity contribution in [1.29, 1.82) is 0 Å². The molecule has 0 radical (unpaired) electrons. The smallest absolute Gasteiger partial charge is 0.337 e. The molecule has 1 saturated carbocycles. The van der Waals surface area contributed by atoms with Crippen molar-refractivity contribution >= 4 is 5.97 Å². The Labute approximate surface area is 113 Å². The number of aliphatic hydroxyl groups is 1. The van der Waals surface area contributed by atoms with E-state index in [9.17, 15) is 9.90 Å². The second-order valence-corrected chi connectivity index (χ2v) is 5.15. The molecule has 2 unspecified atom stereocenters. The minimum Gasteiger partial charge on any atom is -0.465 e. The second kappa shape index (κ2) is 6.68. The minimum atomic E-state index is -0.306. The molecule has 1 aliphatic carbocycles. The van der Waals surface area contributed by atoms with Gasteiger partial charge in [0.05, 0.1) is 18.8 Å². The number of aliphatic hydroxyl groups excluding tert-OH is 1. The Kier molecular flexibility index (Phi) is 4.93. The van der Waals surface area contributed by atoms with Crippen LogP contribution in [0.1, 0.15) is 35.2 Å².